The maximum absolute atomic E-state index is 13.4. The van der Waals surface area contributed by atoms with E-state index in [0.717, 1.165) is 27.7 Å². The first-order chi connectivity index (χ1) is 15.3. The van der Waals surface area contributed by atoms with E-state index in [4.69, 9.17) is 0 Å². The predicted molar refractivity (Wildman–Crippen MR) is 125 cm³/mol. The molecule has 1 heterocycles. The lowest BCUT2D eigenvalue weighted by molar-refractivity contribution is -0.124. The quantitative estimate of drug-likeness (QED) is 0.492. The highest BCUT2D eigenvalue weighted by Gasteiger charge is 2.67. The minimum atomic E-state index is -0.267. The molecule has 1 N–H and O–H groups in total. The van der Waals surface area contributed by atoms with Crippen molar-refractivity contribution in [3.63, 3.8) is 0 Å². The van der Waals surface area contributed by atoms with E-state index in [1.807, 2.05) is 26.0 Å². The topological polar surface area (TPSA) is 66.5 Å². The molecule has 6 heteroatoms. The Bertz CT molecular complexity index is 1200. The van der Waals surface area contributed by atoms with Crippen LogP contribution in [0.5, 0.6) is 0 Å². The second-order valence-corrected chi connectivity index (χ2v) is 10.4. The molecule has 6 atom stereocenters. The van der Waals surface area contributed by atoms with Gasteiger partial charge in [-0.2, -0.15) is 0 Å². The van der Waals surface area contributed by atoms with Gasteiger partial charge in [0, 0.05) is 15.7 Å². The van der Waals surface area contributed by atoms with E-state index in [1.54, 1.807) is 24.3 Å². The van der Waals surface area contributed by atoms with Crippen LogP contribution in [0.1, 0.15) is 27.9 Å². The standard InChI is InChI=1S/C26H23BrN2O3/c1-12-9-21(13(2)8-20(12)27)28-24(30)14-4-3-5-15(10-14)29-25(31)22-16-6-7-17(19-11-18(16)19)23(22)26(29)32/h3-10,16-19,22-23H,11H2,1-2H3,(H,28,30). The number of allylic oxidation sites excluding steroid dienone is 2. The first-order valence-electron chi connectivity index (χ1n) is 11.1. The maximum atomic E-state index is 13.4. The number of aryl methyl sites for hydroxylation is 2. The van der Waals surface area contributed by atoms with Gasteiger partial charge in [0.05, 0.1) is 17.5 Å². The largest absolute Gasteiger partial charge is 0.322 e. The van der Waals surface area contributed by atoms with Gasteiger partial charge in [-0.05, 0) is 85.4 Å². The third kappa shape index (κ3) is 2.78. The molecule has 0 aromatic heterocycles. The van der Waals surface area contributed by atoms with Crippen molar-refractivity contribution >= 4 is 45.0 Å². The average Bonchev–Trinajstić information content (AvgIpc) is 3.55. The molecule has 2 bridgehead atoms. The number of benzene rings is 2. The van der Waals surface area contributed by atoms with E-state index in [1.165, 1.54) is 4.90 Å². The van der Waals surface area contributed by atoms with Crippen LogP contribution in [0, 0.1) is 49.4 Å². The molecule has 0 radical (unpaired) electrons. The molecule has 2 aromatic carbocycles. The Labute approximate surface area is 195 Å². The van der Waals surface area contributed by atoms with Gasteiger partial charge in [0.25, 0.3) is 5.91 Å². The van der Waals surface area contributed by atoms with Gasteiger partial charge >= 0.3 is 0 Å². The van der Waals surface area contributed by atoms with Crippen LogP contribution in [-0.4, -0.2) is 17.7 Å². The number of rotatable bonds is 3. The van der Waals surface area contributed by atoms with E-state index < -0.39 is 0 Å². The maximum Gasteiger partial charge on any atom is 0.255 e. The van der Waals surface area contributed by atoms with Gasteiger partial charge in [0.15, 0.2) is 0 Å². The fraction of sp³-hybridized carbons (Fsp3) is 0.346. The van der Waals surface area contributed by atoms with Crippen molar-refractivity contribution in [1.29, 1.82) is 0 Å². The fourth-order valence-corrected chi connectivity index (χ4v) is 6.57. The molecular weight excluding hydrogens is 468 g/mol. The zero-order valence-corrected chi connectivity index (χ0v) is 19.4. The molecule has 32 heavy (non-hydrogen) atoms. The number of hydrogen-bond acceptors (Lipinski definition) is 3. The molecule has 2 saturated carbocycles. The van der Waals surface area contributed by atoms with Crippen LogP contribution in [0.2, 0.25) is 0 Å². The minimum Gasteiger partial charge on any atom is -0.322 e. The SMILES string of the molecule is Cc1cc(NC(=O)c2cccc(N3C(=O)C4C5C=CC(C6CC56)C4C3=O)c2)c(C)cc1Br. The summed E-state index contributed by atoms with van der Waals surface area (Å²) in [5.74, 6) is 0.534. The van der Waals surface area contributed by atoms with Gasteiger partial charge in [-0.25, -0.2) is 4.90 Å². The summed E-state index contributed by atoms with van der Waals surface area (Å²) in [6.07, 6.45) is 5.47. The first-order valence-corrected chi connectivity index (χ1v) is 11.9. The number of anilines is 2. The van der Waals surface area contributed by atoms with Crippen LogP contribution in [0.3, 0.4) is 0 Å². The fourth-order valence-electron chi connectivity index (χ4n) is 6.11. The van der Waals surface area contributed by atoms with Gasteiger partial charge in [-0.3, -0.25) is 14.4 Å². The second-order valence-electron chi connectivity index (χ2n) is 9.59. The third-order valence-corrected chi connectivity index (χ3v) is 8.64. The van der Waals surface area contributed by atoms with E-state index in [2.05, 4.69) is 33.4 Å². The van der Waals surface area contributed by atoms with Crippen LogP contribution >= 0.6 is 15.9 Å². The molecule has 5 aliphatic rings. The predicted octanol–water partition coefficient (Wildman–Crippen LogP) is 4.88. The van der Waals surface area contributed by atoms with Crippen LogP contribution in [-0.2, 0) is 9.59 Å². The van der Waals surface area contributed by atoms with E-state index in [0.29, 0.717) is 23.1 Å². The Hall–Kier alpha value is -2.73. The van der Waals surface area contributed by atoms with Crippen molar-refractivity contribution in [3.8, 4) is 0 Å². The highest BCUT2D eigenvalue weighted by Crippen LogP contribution is 2.65. The van der Waals surface area contributed by atoms with Gasteiger partial charge < -0.3 is 5.32 Å². The Morgan fingerprint density at radius 2 is 1.62 bits per heavy atom. The molecule has 5 nitrogen and oxygen atoms in total. The number of nitrogens with zero attached hydrogens (tertiary/aromatic N) is 1. The molecule has 6 unspecified atom stereocenters. The van der Waals surface area contributed by atoms with Crippen LogP contribution in [0.4, 0.5) is 11.4 Å². The molecule has 1 aliphatic heterocycles. The number of amides is 3. The summed E-state index contributed by atoms with van der Waals surface area (Å²) in [4.78, 5) is 41.0. The van der Waals surface area contributed by atoms with E-state index >= 15 is 0 Å². The smallest absolute Gasteiger partial charge is 0.255 e. The van der Waals surface area contributed by atoms with Gasteiger partial charge in [-0.15, -0.1) is 0 Å². The van der Waals surface area contributed by atoms with Crippen molar-refractivity contribution in [2.45, 2.75) is 20.3 Å². The molecule has 4 aliphatic carbocycles. The Morgan fingerprint density at radius 1 is 0.969 bits per heavy atom. The van der Waals surface area contributed by atoms with Crippen molar-refractivity contribution in [2.75, 3.05) is 10.2 Å². The van der Waals surface area contributed by atoms with Crippen molar-refractivity contribution in [2.24, 2.45) is 35.5 Å². The van der Waals surface area contributed by atoms with Crippen LogP contribution in [0.25, 0.3) is 0 Å². The summed E-state index contributed by atoms with van der Waals surface area (Å²) in [6, 6.07) is 10.7. The molecule has 2 aromatic rings. The lowest BCUT2D eigenvalue weighted by Crippen LogP contribution is -2.40. The minimum absolute atomic E-state index is 0.110. The third-order valence-electron chi connectivity index (χ3n) is 7.78. The van der Waals surface area contributed by atoms with E-state index in [-0.39, 0.29) is 41.4 Å². The molecule has 1 saturated heterocycles. The number of imide groups is 1. The molecule has 3 fully saturated rings. The summed E-state index contributed by atoms with van der Waals surface area (Å²) in [6.45, 7) is 3.90. The Kier molecular flexibility index (Phi) is 4.28. The molecule has 162 valence electrons. The highest BCUT2D eigenvalue weighted by atomic mass is 79.9. The first kappa shape index (κ1) is 19.9. The van der Waals surface area contributed by atoms with Gasteiger partial charge in [0.1, 0.15) is 0 Å². The van der Waals surface area contributed by atoms with Gasteiger partial charge in [-0.1, -0.05) is 34.1 Å². The lowest BCUT2D eigenvalue weighted by Gasteiger charge is -2.37. The summed E-state index contributed by atoms with van der Waals surface area (Å²) < 4.78 is 0.989. The molecular formula is C26H23BrN2O3. The number of carbonyl (C=O) groups excluding carboxylic acids is 3. The number of halogens is 1. The summed E-state index contributed by atoms with van der Waals surface area (Å²) >= 11 is 3.51. The monoisotopic (exact) mass is 490 g/mol. The average molecular weight is 491 g/mol. The molecule has 7 rings (SSSR count). The van der Waals surface area contributed by atoms with Gasteiger partial charge in [0.2, 0.25) is 11.8 Å². The lowest BCUT2D eigenvalue weighted by atomic mass is 9.63. The van der Waals surface area contributed by atoms with E-state index in [9.17, 15) is 14.4 Å². The number of hydrogen-bond donors (Lipinski definition) is 1. The summed E-state index contributed by atoms with van der Waals surface area (Å²) in [5.41, 5.74) is 3.61. The van der Waals surface area contributed by atoms with Crippen molar-refractivity contribution in [3.05, 3.63) is 69.7 Å². The second kappa shape index (κ2) is 6.88. The van der Waals surface area contributed by atoms with Crippen molar-refractivity contribution < 1.29 is 14.4 Å². The van der Waals surface area contributed by atoms with Crippen LogP contribution in [0.15, 0.2) is 53.0 Å². The van der Waals surface area contributed by atoms with Crippen LogP contribution < -0.4 is 10.2 Å². The normalized spacial score (nSPS) is 31.5. The Morgan fingerprint density at radius 3 is 2.28 bits per heavy atom. The summed E-state index contributed by atoms with van der Waals surface area (Å²) in [7, 11) is 0. The summed E-state index contributed by atoms with van der Waals surface area (Å²) in [5, 5.41) is 2.96. The zero-order chi connectivity index (χ0) is 22.3. The number of carbonyl (C=O) groups is 3. The number of nitrogens with one attached hydrogen (secondary N) is 1. The molecule has 3 amide bonds. The zero-order valence-electron chi connectivity index (χ0n) is 17.8. The molecule has 0 spiro atoms. The van der Waals surface area contributed by atoms with Crippen molar-refractivity contribution in [1.82, 2.24) is 0 Å². The Balaban J connectivity index is 1.28. The highest BCUT2D eigenvalue weighted by molar-refractivity contribution is 9.10.